The lowest BCUT2D eigenvalue weighted by atomic mass is 10.3. The van der Waals surface area contributed by atoms with Crippen molar-refractivity contribution in [2.24, 2.45) is 0 Å². The van der Waals surface area contributed by atoms with Gasteiger partial charge >= 0.3 is 0 Å². The molecule has 0 radical (unpaired) electrons. The first-order valence-electron chi connectivity index (χ1n) is 5.74. The highest BCUT2D eigenvalue weighted by atomic mass is 15.3. The molecule has 2 aromatic rings. The molecule has 1 N–H and O–H groups in total. The Labute approximate surface area is 99.1 Å². The summed E-state index contributed by atoms with van der Waals surface area (Å²) in [5.41, 5.74) is 1.05. The first-order chi connectivity index (χ1) is 8.33. The number of rotatable bonds is 4. The van der Waals surface area contributed by atoms with Gasteiger partial charge in [-0.15, -0.1) is 0 Å². The summed E-state index contributed by atoms with van der Waals surface area (Å²) in [7, 11) is 0. The van der Waals surface area contributed by atoms with Crippen LogP contribution in [0.4, 0.5) is 0 Å². The zero-order chi connectivity index (χ0) is 11.7. The molecule has 0 atom stereocenters. The monoisotopic (exact) mass is 230 g/mol. The summed E-state index contributed by atoms with van der Waals surface area (Å²) < 4.78 is 1.68. The zero-order valence-electron chi connectivity index (χ0n) is 9.67. The lowest BCUT2D eigenvalue weighted by Gasteiger charge is -2.09. The molecule has 6 nitrogen and oxygen atoms in total. The van der Waals surface area contributed by atoms with Gasteiger partial charge in [-0.25, -0.2) is 19.6 Å². The Kier molecular flexibility index (Phi) is 2.56. The second-order valence-electron chi connectivity index (χ2n) is 4.26. The molecule has 88 valence electrons. The van der Waals surface area contributed by atoms with Crippen LogP contribution in [0.2, 0.25) is 0 Å². The largest absolute Gasteiger partial charge is 0.310 e. The van der Waals surface area contributed by atoms with Gasteiger partial charge in [0.15, 0.2) is 5.82 Å². The minimum Gasteiger partial charge on any atom is -0.310 e. The normalized spacial score (nSPS) is 15.1. The lowest BCUT2D eigenvalue weighted by molar-refractivity contribution is 0.671. The van der Waals surface area contributed by atoms with Crippen LogP contribution in [-0.2, 0) is 6.54 Å². The molecule has 0 aliphatic heterocycles. The van der Waals surface area contributed by atoms with Gasteiger partial charge in [-0.1, -0.05) is 0 Å². The van der Waals surface area contributed by atoms with Gasteiger partial charge in [0.05, 0.1) is 0 Å². The average molecular weight is 230 g/mol. The van der Waals surface area contributed by atoms with Gasteiger partial charge in [-0.05, 0) is 19.8 Å². The second-order valence-corrected chi connectivity index (χ2v) is 4.26. The minimum atomic E-state index is 0.667. The summed E-state index contributed by atoms with van der Waals surface area (Å²) in [6.45, 7) is 2.65. The molecule has 0 unspecified atom stereocenters. The van der Waals surface area contributed by atoms with E-state index in [1.807, 2.05) is 13.1 Å². The van der Waals surface area contributed by atoms with Crippen LogP contribution in [-0.4, -0.2) is 30.8 Å². The fourth-order valence-corrected chi connectivity index (χ4v) is 1.67. The maximum Gasteiger partial charge on any atom is 0.163 e. The van der Waals surface area contributed by atoms with E-state index in [0.29, 0.717) is 6.04 Å². The van der Waals surface area contributed by atoms with Crippen molar-refractivity contribution < 1.29 is 0 Å². The number of aromatic nitrogens is 5. The quantitative estimate of drug-likeness (QED) is 0.833. The van der Waals surface area contributed by atoms with Crippen LogP contribution >= 0.6 is 0 Å². The predicted octanol–water partition coefficient (Wildman–Crippen LogP) is 0.618. The Hall–Kier alpha value is -1.82. The van der Waals surface area contributed by atoms with Gasteiger partial charge in [0.2, 0.25) is 0 Å². The van der Waals surface area contributed by atoms with Crippen molar-refractivity contribution in [3.05, 3.63) is 30.2 Å². The SMILES string of the molecule is Cc1ncc(CNC2CC2)c(-n2cncn2)n1. The molecule has 6 heteroatoms. The maximum absolute atomic E-state index is 4.42. The third-order valence-electron chi connectivity index (χ3n) is 2.76. The van der Waals surface area contributed by atoms with E-state index in [1.165, 1.54) is 19.2 Å². The fourth-order valence-electron chi connectivity index (χ4n) is 1.67. The molecule has 0 amide bonds. The lowest BCUT2D eigenvalue weighted by Crippen LogP contribution is -2.18. The van der Waals surface area contributed by atoms with Crippen LogP contribution in [0.15, 0.2) is 18.9 Å². The molecule has 2 heterocycles. The van der Waals surface area contributed by atoms with E-state index >= 15 is 0 Å². The summed E-state index contributed by atoms with van der Waals surface area (Å²) in [6, 6.07) is 0.667. The maximum atomic E-state index is 4.42. The third-order valence-corrected chi connectivity index (χ3v) is 2.76. The van der Waals surface area contributed by atoms with E-state index in [4.69, 9.17) is 0 Å². The van der Waals surface area contributed by atoms with E-state index in [2.05, 4.69) is 25.4 Å². The predicted molar refractivity (Wildman–Crippen MR) is 61.5 cm³/mol. The topological polar surface area (TPSA) is 68.5 Å². The zero-order valence-corrected chi connectivity index (χ0v) is 9.67. The van der Waals surface area contributed by atoms with Crippen molar-refractivity contribution in [3.63, 3.8) is 0 Å². The molecule has 1 fully saturated rings. The summed E-state index contributed by atoms with van der Waals surface area (Å²) in [5.74, 6) is 1.55. The molecule has 1 aliphatic rings. The fraction of sp³-hybridized carbons (Fsp3) is 0.455. The van der Waals surface area contributed by atoms with Gasteiger partial charge in [0.1, 0.15) is 18.5 Å². The Morgan fingerprint density at radius 1 is 1.47 bits per heavy atom. The number of aryl methyl sites for hydroxylation is 1. The number of nitrogens with zero attached hydrogens (tertiary/aromatic N) is 5. The first-order valence-corrected chi connectivity index (χ1v) is 5.74. The molecule has 2 aromatic heterocycles. The average Bonchev–Trinajstić information content (AvgIpc) is 3.00. The van der Waals surface area contributed by atoms with Crippen LogP contribution < -0.4 is 5.32 Å². The van der Waals surface area contributed by atoms with Crippen molar-refractivity contribution in [2.75, 3.05) is 0 Å². The van der Waals surface area contributed by atoms with Gasteiger partial charge < -0.3 is 5.32 Å². The molecular formula is C11H14N6. The van der Waals surface area contributed by atoms with Gasteiger partial charge in [0.25, 0.3) is 0 Å². The Balaban J connectivity index is 1.89. The van der Waals surface area contributed by atoms with Gasteiger partial charge in [-0.2, -0.15) is 5.10 Å². The van der Waals surface area contributed by atoms with Gasteiger partial charge in [0, 0.05) is 24.3 Å². The molecule has 1 saturated carbocycles. The van der Waals surface area contributed by atoms with Crippen LogP contribution in [0.5, 0.6) is 0 Å². The highest BCUT2D eigenvalue weighted by Gasteiger charge is 2.21. The van der Waals surface area contributed by atoms with Crippen LogP contribution in [0.1, 0.15) is 24.2 Å². The minimum absolute atomic E-state index is 0.667. The Morgan fingerprint density at radius 3 is 3.06 bits per heavy atom. The Morgan fingerprint density at radius 2 is 2.35 bits per heavy atom. The van der Waals surface area contributed by atoms with Crippen molar-refractivity contribution >= 4 is 0 Å². The summed E-state index contributed by atoms with van der Waals surface area (Å²) >= 11 is 0. The number of nitrogens with one attached hydrogen (secondary N) is 1. The second kappa shape index (κ2) is 4.21. The number of hydrogen-bond donors (Lipinski definition) is 1. The standard InChI is InChI=1S/C11H14N6/c1-8-13-4-9(5-14-10-2-3-10)11(16-8)17-7-12-6-15-17/h4,6-7,10,14H,2-3,5H2,1H3. The Bertz CT molecular complexity index is 503. The van der Waals surface area contributed by atoms with Crippen LogP contribution in [0, 0.1) is 6.92 Å². The van der Waals surface area contributed by atoms with Crippen molar-refractivity contribution in [1.29, 1.82) is 0 Å². The summed E-state index contributed by atoms with van der Waals surface area (Å²) in [4.78, 5) is 12.6. The van der Waals surface area contributed by atoms with E-state index in [9.17, 15) is 0 Å². The van der Waals surface area contributed by atoms with E-state index in [-0.39, 0.29) is 0 Å². The first kappa shape index (κ1) is 10.3. The molecule has 0 bridgehead atoms. The molecule has 17 heavy (non-hydrogen) atoms. The van der Waals surface area contributed by atoms with E-state index < -0.39 is 0 Å². The summed E-state index contributed by atoms with van der Waals surface area (Å²) in [5, 5.41) is 7.57. The van der Waals surface area contributed by atoms with E-state index in [0.717, 1.165) is 23.8 Å². The third kappa shape index (κ3) is 2.31. The van der Waals surface area contributed by atoms with Crippen molar-refractivity contribution in [1.82, 2.24) is 30.0 Å². The molecule has 3 rings (SSSR count). The molecule has 0 saturated heterocycles. The van der Waals surface area contributed by atoms with E-state index in [1.54, 1.807) is 11.0 Å². The number of hydrogen-bond acceptors (Lipinski definition) is 5. The summed E-state index contributed by atoms with van der Waals surface area (Å²) in [6.07, 6.45) is 7.56. The highest BCUT2D eigenvalue weighted by Crippen LogP contribution is 2.20. The van der Waals surface area contributed by atoms with Gasteiger partial charge in [-0.3, -0.25) is 0 Å². The molecule has 0 aromatic carbocycles. The van der Waals surface area contributed by atoms with Crippen molar-refractivity contribution in [2.45, 2.75) is 32.4 Å². The van der Waals surface area contributed by atoms with Crippen LogP contribution in [0.25, 0.3) is 5.82 Å². The van der Waals surface area contributed by atoms with Crippen molar-refractivity contribution in [3.8, 4) is 5.82 Å². The highest BCUT2D eigenvalue weighted by molar-refractivity contribution is 5.30. The molecular weight excluding hydrogens is 216 g/mol. The molecule has 0 spiro atoms. The smallest absolute Gasteiger partial charge is 0.163 e. The van der Waals surface area contributed by atoms with Crippen LogP contribution in [0.3, 0.4) is 0 Å². The molecule has 1 aliphatic carbocycles.